The summed E-state index contributed by atoms with van der Waals surface area (Å²) in [5.41, 5.74) is 16.3. The molecule has 16 heteroatoms. The summed E-state index contributed by atoms with van der Waals surface area (Å²) in [7, 11) is 0. The van der Waals surface area contributed by atoms with Crippen molar-refractivity contribution < 1.29 is 33.5 Å². The molecular formula is C42H54FN9O6. The zero-order chi connectivity index (χ0) is 42.2. The van der Waals surface area contributed by atoms with E-state index in [0.717, 1.165) is 34.2 Å². The number of halogens is 1. The number of hydrogen-bond donors (Lipinski definition) is 10. The Hall–Kier alpha value is -5.62. The molecular weight excluding hydrogens is 746 g/mol. The monoisotopic (exact) mass is 799 g/mol. The highest BCUT2D eigenvalue weighted by molar-refractivity contribution is 6.41. The molecule has 3 aromatic carbocycles. The molecule has 3 amide bonds. The van der Waals surface area contributed by atoms with Crippen molar-refractivity contribution >= 4 is 40.2 Å². The number of nitrogens with one attached hydrogen (secondary N) is 6. The van der Waals surface area contributed by atoms with Gasteiger partial charge in [0.25, 0.3) is 5.91 Å². The van der Waals surface area contributed by atoms with Crippen molar-refractivity contribution in [2.45, 2.75) is 76.5 Å². The Kier molecular flexibility index (Phi) is 17.4. The van der Waals surface area contributed by atoms with Gasteiger partial charge in [0.1, 0.15) is 18.1 Å². The molecule has 0 fully saturated rings. The minimum atomic E-state index is -1.36. The molecule has 0 spiro atoms. The van der Waals surface area contributed by atoms with Crippen molar-refractivity contribution in [2.75, 3.05) is 13.1 Å². The largest absolute Gasteiger partial charge is 0.387 e. The fraction of sp³-hybridized carbons (Fsp3) is 0.357. The van der Waals surface area contributed by atoms with E-state index in [0.29, 0.717) is 13.0 Å². The molecule has 1 heterocycles. The lowest BCUT2D eigenvalue weighted by Crippen LogP contribution is -2.52. The minimum Gasteiger partial charge on any atom is -0.387 e. The van der Waals surface area contributed by atoms with Gasteiger partial charge >= 0.3 is 0 Å². The lowest BCUT2D eigenvalue weighted by molar-refractivity contribution is -0.139. The lowest BCUT2D eigenvalue weighted by Gasteiger charge is -2.22. The van der Waals surface area contributed by atoms with Gasteiger partial charge in [-0.1, -0.05) is 62.4 Å². The predicted molar refractivity (Wildman–Crippen MR) is 219 cm³/mol. The summed E-state index contributed by atoms with van der Waals surface area (Å²) in [6.07, 6.45) is 1.65. The number of para-hydroxylation sites is 1. The number of ketones is 2. The molecule has 4 rings (SSSR count). The van der Waals surface area contributed by atoms with Crippen LogP contribution in [0.5, 0.6) is 0 Å². The first-order valence-corrected chi connectivity index (χ1v) is 19.2. The molecule has 4 atom stereocenters. The lowest BCUT2D eigenvalue weighted by atomic mass is 9.94. The van der Waals surface area contributed by atoms with Gasteiger partial charge in [-0.2, -0.15) is 0 Å². The Balaban J connectivity index is 1.48. The Bertz CT molecular complexity index is 2020. The van der Waals surface area contributed by atoms with Crippen molar-refractivity contribution in [3.8, 4) is 0 Å². The molecule has 13 N–H and O–H groups in total. The molecule has 310 valence electrons. The standard InChI is InChI=1S/C42H54FN9O6/c1-25(2)19-28(21-31(53)24-49-41(58)36(20-26-9-4-3-5-10-26)51-39(56)27-14-16-30(43)17-15-27)40(57)50-34(13-8-18-47-42(44)45)37(54)38(55)35(52-46)22-29-23-48-33-12-7-6-11-32(29)33/h3-7,9-12,14-17,21,23,25,31,34-36,42,47-48,52-53H,8,13,18-20,22,24,44-46H2,1-2H3,(H,49,58)(H,50,57)(H,51,56)/b28-21+/t31-,34-,35-,36-/m0/s1. The molecule has 4 aromatic rings. The molecule has 0 radical (unpaired) electrons. The van der Waals surface area contributed by atoms with Crippen LogP contribution < -0.4 is 44.0 Å². The van der Waals surface area contributed by atoms with Gasteiger partial charge in [-0.25, -0.2) is 9.82 Å². The van der Waals surface area contributed by atoms with Crippen molar-refractivity contribution in [3.05, 3.63) is 119 Å². The quantitative estimate of drug-likeness (QED) is 0.0128. The first-order chi connectivity index (χ1) is 27.7. The summed E-state index contributed by atoms with van der Waals surface area (Å²) in [5.74, 6) is 1.64. The number of carbonyl (C=O) groups excluding carboxylic acids is 5. The summed E-state index contributed by atoms with van der Waals surface area (Å²) in [4.78, 5) is 70.9. The minimum absolute atomic E-state index is 0.0560. The Labute approximate surface area is 336 Å². The van der Waals surface area contributed by atoms with E-state index in [1.54, 1.807) is 30.5 Å². The van der Waals surface area contributed by atoms with Crippen LogP contribution in [0.2, 0.25) is 0 Å². The normalized spacial score (nSPS) is 13.8. The Morgan fingerprint density at radius 3 is 2.19 bits per heavy atom. The summed E-state index contributed by atoms with van der Waals surface area (Å²) in [6.45, 7) is 3.70. The Morgan fingerprint density at radius 1 is 0.845 bits per heavy atom. The number of hydrogen-bond acceptors (Lipinski definition) is 11. The van der Waals surface area contributed by atoms with E-state index < -0.39 is 65.6 Å². The highest BCUT2D eigenvalue weighted by atomic mass is 19.1. The van der Waals surface area contributed by atoms with Crippen LogP contribution in [-0.4, -0.2) is 83.0 Å². The van der Waals surface area contributed by atoms with E-state index in [1.807, 2.05) is 44.2 Å². The maximum atomic E-state index is 13.8. The molecule has 0 saturated carbocycles. The third-order valence-corrected chi connectivity index (χ3v) is 9.34. The molecule has 58 heavy (non-hydrogen) atoms. The van der Waals surface area contributed by atoms with E-state index >= 15 is 0 Å². The van der Waals surface area contributed by atoms with E-state index in [-0.39, 0.29) is 49.3 Å². The third kappa shape index (κ3) is 13.8. The van der Waals surface area contributed by atoms with E-state index in [9.17, 15) is 33.5 Å². The molecule has 0 aliphatic heterocycles. The number of hydrazine groups is 1. The average Bonchev–Trinajstić information content (AvgIpc) is 3.61. The highest BCUT2D eigenvalue weighted by Gasteiger charge is 2.33. The van der Waals surface area contributed by atoms with Crippen molar-refractivity contribution in [3.63, 3.8) is 0 Å². The van der Waals surface area contributed by atoms with Gasteiger partial charge in [0.15, 0.2) is 0 Å². The second-order valence-electron chi connectivity index (χ2n) is 14.5. The van der Waals surface area contributed by atoms with Crippen LogP contribution in [0.1, 0.15) is 54.6 Å². The fourth-order valence-electron chi connectivity index (χ4n) is 6.38. The summed E-state index contributed by atoms with van der Waals surface area (Å²) >= 11 is 0. The van der Waals surface area contributed by atoms with Crippen molar-refractivity contribution in [2.24, 2.45) is 23.2 Å². The van der Waals surface area contributed by atoms with E-state index in [1.165, 1.54) is 18.2 Å². The molecule has 1 aromatic heterocycles. The van der Waals surface area contributed by atoms with Gasteiger partial charge in [-0.05, 0) is 85.7 Å². The maximum absolute atomic E-state index is 13.8. The Morgan fingerprint density at radius 2 is 1.52 bits per heavy atom. The fourth-order valence-corrected chi connectivity index (χ4v) is 6.38. The number of carbonyl (C=O) groups is 5. The summed E-state index contributed by atoms with van der Waals surface area (Å²) < 4.78 is 13.5. The number of aromatic nitrogens is 1. The maximum Gasteiger partial charge on any atom is 0.251 e. The van der Waals surface area contributed by atoms with Crippen LogP contribution in [-0.2, 0) is 32.0 Å². The topological polar surface area (TPSA) is 260 Å². The summed E-state index contributed by atoms with van der Waals surface area (Å²) in [6, 6.07) is 18.0. The molecule has 0 saturated heterocycles. The first kappa shape index (κ1) is 45.1. The molecule has 0 unspecified atom stereocenters. The second kappa shape index (κ2) is 22.4. The molecule has 0 bridgehead atoms. The van der Waals surface area contributed by atoms with Crippen molar-refractivity contribution in [1.29, 1.82) is 0 Å². The predicted octanol–water partition coefficient (Wildman–Crippen LogP) is 1.37. The number of fused-ring (bicyclic) bond motifs is 1. The van der Waals surface area contributed by atoms with Gasteiger partial charge in [0.2, 0.25) is 23.4 Å². The van der Waals surface area contributed by atoms with E-state index in [4.69, 9.17) is 17.3 Å². The van der Waals surface area contributed by atoms with Gasteiger partial charge in [0.05, 0.1) is 18.2 Å². The number of aromatic amines is 1. The van der Waals surface area contributed by atoms with Gasteiger partial charge in [0, 0.05) is 41.2 Å². The zero-order valence-corrected chi connectivity index (χ0v) is 32.7. The average molecular weight is 800 g/mol. The number of aliphatic hydroxyl groups excluding tert-OH is 1. The summed E-state index contributed by atoms with van der Waals surface area (Å²) in [5, 5.41) is 22.8. The number of benzene rings is 3. The van der Waals surface area contributed by atoms with Crippen LogP contribution >= 0.6 is 0 Å². The SMILES string of the molecule is CC(C)C/C(=C\[C@H](O)CNC(=O)[C@H](Cc1ccccc1)NC(=O)c1ccc(F)cc1)C(=O)N[C@@H](CCCNC(N)N)C(=O)C(=O)[C@H](Cc1c[nH]c2ccccc12)NN. The smallest absolute Gasteiger partial charge is 0.251 e. The van der Waals surface area contributed by atoms with Crippen LogP contribution in [0.3, 0.4) is 0 Å². The van der Waals surface area contributed by atoms with Crippen LogP contribution in [0.4, 0.5) is 4.39 Å². The number of aliphatic hydroxyl groups is 1. The van der Waals surface area contributed by atoms with Gasteiger partial charge in [-0.15, -0.1) is 0 Å². The third-order valence-electron chi connectivity index (χ3n) is 9.34. The number of nitrogens with two attached hydrogens (primary N) is 3. The van der Waals surface area contributed by atoms with Crippen molar-refractivity contribution in [1.82, 2.24) is 31.7 Å². The molecule has 15 nitrogen and oxygen atoms in total. The highest BCUT2D eigenvalue weighted by Crippen LogP contribution is 2.20. The van der Waals surface area contributed by atoms with Crippen LogP contribution in [0.25, 0.3) is 10.9 Å². The number of rotatable bonds is 23. The van der Waals surface area contributed by atoms with Gasteiger partial charge in [-0.3, -0.25) is 35.1 Å². The first-order valence-electron chi connectivity index (χ1n) is 19.2. The zero-order valence-electron chi connectivity index (χ0n) is 32.7. The number of Topliss-reactive ketones (excluding diaryl/α,β-unsaturated/α-hetero) is 2. The number of amides is 3. The van der Waals surface area contributed by atoms with Crippen LogP contribution in [0.15, 0.2) is 96.7 Å². The number of H-pyrrole nitrogens is 1. The molecule has 0 aliphatic carbocycles. The molecule has 0 aliphatic rings. The van der Waals surface area contributed by atoms with Gasteiger partial charge < -0.3 is 37.5 Å². The second-order valence-corrected chi connectivity index (χ2v) is 14.5. The van der Waals surface area contributed by atoms with Crippen LogP contribution in [0, 0.1) is 11.7 Å². The van der Waals surface area contributed by atoms with E-state index in [2.05, 4.69) is 31.7 Å².